The Balaban J connectivity index is 1.79. The summed E-state index contributed by atoms with van der Waals surface area (Å²) in [5, 5.41) is 6.12. The highest BCUT2D eigenvalue weighted by molar-refractivity contribution is 6.30. The average Bonchev–Trinajstić information content (AvgIpc) is 2.87. The highest BCUT2D eigenvalue weighted by Gasteiger charge is 2.24. The van der Waals surface area contributed by atoms with E-state index in [1.807, 2.05) is 7.05 Å². The summed E-state index contributed by atoms with van der Waals surface area (Å²) < 4.78 is 0. The predicted octanol–water partition coefficient (Wildman–Crippen LogP) is 1.14. The summed E-state index contributed by atoms with van der Waals surface area (Å²) >= 11 is 5.76. The van der Waals surface area contributed by atoms with E-state index >= 15 is 0 Å². The smallest absolute Gasteiger partial charge is 0.257 e. The summed E-state index contributed by atoms with van der Waals surface area (Å²) in [6.45, 7) is 3.01. The molecule has 6 heteroatoms. The minimum atomic E-state index is -0.386. The Bertz CT molecular complexity index is 504. The first-order valence-corrected chi connectivity index (χ1v) is 7.43. The van der Waals surface area contributed by atoms with Gasteiger partial charge in [0.1, 0.15) is 0 Å². The van der Waals surface area contributed by atoms with Crippen LogP contribution in [0.25, 0.3) is 0 Å². The molecular weight excluding hydrogens is 290 g/mol. The number of hydrogen-bond donors (Lipinski definition) is 2. The average molecular weight is 310 g/mol. The Labute approximate surface area is 129 Å². The third kappa shape index (κ3) is 4.81. The van der Waals surface area contributed by atoms with Crippen LogP contribution in [0, 0.1) is 5.92 Å². The molecule has 1 atom stereocenters. The van der Waals surface area contributed by atoms with E-state index in [9.17, 15) is 9.59 Å². The maximum absolute atomic E-state index is 11.9. The van der Waals surface area contributed by atoms with Crippen molar-refractivity contribution in [3.8, 4) is 0 Å². The number of halogens is 1. The maximum Gasteiger partial charge on any atom is 0.257 e. The number of nitrogens with zero attached hydrogens (tertiary/aromatic N) is 1. The second kappa shape index (κ2) is 7.54. The molecule has 1 unspecified atom stereocenters. The number of imide groups is 1. The number of rotatable bonds is 5. The number of carbonyl (C=O) groups excluding carboxylic acids is 2. The summed E-state index contributed by atoms with van der Waals surface area (Å²) in [5.74, 6) is -0.0718. The molecule has 1 saturated heterocycles. The lowest BCUT2D eigenvalue weighted by Crippen LogP contribution is -2.39. The number of amides is 2. The van der Waals surface area contributed by atoms with Gasteiger partial charge in [0.25, 0.3) is 5.91 Å². The lowest BCUT2D eigenvalue weighted by molar-refractivity contribution is -0.121. The molecule has 1 aliphatic heterocycles. The molecule has 1 heterocycles. The van der Waals surface area contributed by atoms with Crippen LogP contribution in [0.4, 0.5) is 0 Å². The number of nitrogens with one attached hydrogen (secondary N) is 2. The van der Waals surface area contributed by atoms with Gasteiger partial charge >= 0.3 is 0 Å². The monoisotopic (exact) mass is 309 g/mol. The van der Waals surface area contributed by atoms with Gasteiger partial charge in [0.15, 0.2) is 0 Å². The molecule has 1 aromatic rings. The summed E-state index contributed by atoms with van der Waals surface area (Å²) in [4.78, 5) is 25.9. The fourth-order valence-corrected chi connectivity index (χ4v) is 2.68. The SMILES string of the molecule is CNCC1CCN(CC(=O)NC(=O)c2ccc(Cl)cc2)C1. The third-order valence-electron chi connectivity index (χ3n) is 3.59. The molecule has 114 valence electrons. The molecule has 0 bridgehead atoms. The van der Waals surface area contributed by atoms with Gasteiger partial charge in [0, 0.05) is 17.1 Å². The van der Waals surface area contributed by atoms with Gasteiger partial charge in [-0.3, -0.25) is 19.8 Å². The van der Waals surface area contributed by atoms with Gasteiger partial charge < -0.3 is 5.32 Å². The van der Waals surface area contributed by atoms with Crippen molar-refractivity contribution < 1.29 is 9.59 Å². The Morgan fingerprint density at radius 2 is 2.05 bits per heavy atom. The topological polar surface area (TPSA) is 61.4 Å². The molecule has 2 rings (SSSR count). The van der Waals surface area contributed by atoms with Crippen molar-refractivity contribution in [2.45, 2.75) is 6.42 Å². The van der Waals surface area contributed by atoms with Gasteiger partial charge in [-0.15, -0.1) is 0 Å². The van der Waals surface area contributed by atoms with Crippen molar-refractivity contribution in [1.29, 1.82) is 0 Å². The number of hydrogen-bond acceptors (Lipinski definition) is 4. The van der Waals surface area contributed by atoms with Crippen LogP contribution >= 0.6 is 11.6 Å². The zero-order valence-corrected chi connectivity index (χ0v) is 12.8. The van der Waals surface area contributed by atoms with Crippen molar-refractivity contribution in [2.24, 2.45) is 5.92 Å². The lowest BCUT2D eigenvalue weighted by Gasteiger charge is -2.15. The number of likely N-dealkylation sites (tertiary alicyclic amines) is 1. The van der Waals surface area contributed by atoms with Gasteiger partial charge in [0.2, 0.25) is 5.91 Å². The molecule has 0 aliphatic carbocycles. The molecule has 1 fully saturated rings. The summed E-state index contributed by atoms with van der Waals surface area (Å²) in [6.07, 6.45) is 1.08. The van der Waals surface area contributed by atoms with Crippen molar-refractivity contribution in [2.75, 3.05) is 33.2 Å². The fraction of sp³-hybridized carbons (Fsp3) is 0.467. The molecule has 2 N–H and O–H groups in total. The van der Waals surface area contributed by atoms with E-state index in [0.717, 1.165) is 26.1 Å². The second-order valence-electron chi connectivity index (χ2n) is 5.33. The molecule has 0 radical (unpaired) electrons. The normalized spacial score (nSPS) is 18.7. The van der Waals surface area contributed by atoms with Gasteiger partial charge in [-0.05, 0) is 56.7 Å². The molecule has 0 spiro atoms. The third-order valence-corrected chi connectivity index (χ3v) is 3.84. The first kappa shape index (κ1) is 15.9. The van der Waals surface area contributed by atoms with Crippen molar-refractivity contribution >= 4 is 23.4 Å². The van der Waals surface area contributed by atoms with Crippen LogP contribution in [0.15, 0.2) is 24.3 Å². The first-order valence-electron chi connectivity index (χ1n) is 7.05. The van der Waals surface area contributed by atoms with E-state index in [-0.39, 0.29) is 18.4 Å². The van der Waals surface area contributed by atoms with Crippen LogP contribution in [0.2, 0.25) is 5.02 Å². The standard InChI is InChI=1S/C15H20ClN3O2/c1-17-8-11-6-7-19(9-11)10-14(20)18-15(21)12-2-4-13(16)5-3-12/h2-5,11,17H,6-10H2,1H3,(H,18,20,21). The summed E-state index contributed by atoms with van der Waals surface area (Å²) in [6, 6.07) is 6.46. The van der Waals surface area contributed by atoms with Gasteiger partial charge in [-0.2, -0.15) is 0 Å². The minimum absolute atomic E-state index is 0.263. The van der Waals surface area contributed by atoms with E-state index in [1.165, 1.54) is 0 Å². The van der Waals surface area contributed by atoms with Crippen LogP contribution in [-0.2, 0) is 4.79 Å². The predicted molar refractivity (Wildman–Crippen MR) is 82.4 cm³/mol. The number of carbonyl (C=O) groups is 2. The van der Waals surface area contributed by atoms with E-state index in [4.69, 9.17) is 11.6 Å². The molecular formula is C15H20ClN3O2. The molecule has 0 aromatic heterocycles. The highest BCUT2D eigenvalue weighted by Crippen LogP contribution is 2.14. The Hall–Kier alpha value is -1.43. The fourth-order valence-electron chi connectivity index (χ4n) is 2.55. The second-order valence-corrected chi connectivity index (χ2v) is 5.77. The molecule has 5 nitrogen and oxygen atoms in total. The maximum atomic E-state index is 11.9. The first-order chi connectivity index (χ1) is 10.1. The molecule has 21 heavy (non-hydrogen) atoms. The van der Waals surface area contributed by atoms with Crippen LogP contribution in [0.3, 0.4) is 0 Å². The van der Waals surface area contributed by atoms with Crippen LogP contribution in [0.1, 0.15) is 16.8 Å². The molecule has 1 aliphatic rings. The van der Waals surface area contributed by atoms with Crippen LogP contribution < -0.4 is 10.6 Å². The van der Waals surface area contributed by atoms with Crippen LogP contribution in [-0.4, -0.2) is 49.9 Å². The summed E-state index contributed by atoms with van der Waals surface area (Å²) in [5.41, 5.74) is 0.433. The lowest BCUT2D eigenvalue weighted by atomic mass is 10.1. The van der Waals surface area contributed by atoms with E-state index in [1.54, 1.807) is 24.3 Å². The van der Waals surface area contributed by atoms with Crippen molar-refractivity contribution in [3.05, 3.63) is 34.9 Å². The Kier molecular flexibility index (Phi) is 5.73. The largest absolute Gasteiger partial charge is 0.319 e. The van der Waals surface area contributed by atoms with E-state index in [0.29, 0.717) is 16.5 Å². The Morgan fingerprint density at radius 3 is 2.71 bits per heavy atom. The minimum Gasteiger partial charge on any atom is -0.319 e. The highest BCUT2D eigenvalue weighted by atomic mass is 35.5. The Morgan fingerprint density at radius 1 is 1.33 bits per heavy atom. The van der Waals surface area contributed by atoms with E-state index in [2.05, 4.69) is 15.5 Å². The zero-order chi connectivity index (χ0) is 15.2. The van der Waals surface area contributed by atoms with Crippen molar-refractivity contribution in [1.82, 2.24) is 15.5 Å². The van der Waals surface area contributed by atoms with Crippen molar-refractivity contribution in [3.63, 3.8) is 0 Å². The molecule has 2 amide bonds. The molecule has 1 aromatic carbocycles. The summed E-state index contributed by atoms with van der Waals surface area (Å²) in [7, 11) is 1.93. The number of benzene rings is 1. The zero-order valence-electron chi connectivity index (χ0n) is 12.1. The van der Waals surface area contributed by atoms with Gasteiger partial charge in [-0.1, -0.05) is 11.6 Å². The van der Waals surface area contributed by atoms with Gasteiger partial charge in [0.05, 0.1) is 6.54 Å². The van der Waals surface area contributed by atoms with Crippen LogP contribution in [0.5, 0.6) is 0 Å². The van der Waals surface area contributed by atoms with Gasteiger partial charge in [-0.25, -0.2) is 0 Å². The molecule has 0 saturated carbocycles. The quantitative estimate of drug-likeness (QED) is 0.856. The van der Waals surface area contributed by atoms with E-state index < -0.39 is 0 Å².